The summed E-state index contributed by atoms with van der Waals surface area (Å²) in [6.07, 6.45) is 5.93. The molecule has 0 heterocycles. The van der Waals surface area contributed by atoms with Crippen LogP contribution in [0.5, 0.6) is 0 Å². The number of hydrogen-bond acceptors (Lipinski definition) is 2. The second-order valence-corrected chi connectivity index (χ2v) is 5.59. The lowest BCUT2D eigenvalue weighted by Gasteiger charge is -2.33. The standard InChI is InChI=1S/C15H21ClN2O/c1-2-18(14-6-4-3-5-7-14)15(19)11-8-12(16)10-13(17)9-11/h8-10,14H,2-7,17H2,1H3. The van der Waals surface area contributed by atoms with Crippen LogP contribution >= 0.6 is 11.6 Å². The molecule has 0 aromatic heterocycles. The summed E-state index contributed by atoms with van der Waals surface area (Å²) in [5, 5.41) is 0.517. The van der Waals surface area contributed by atoms with Crippen molar-refractivity contribution in [2.45, 2.75) is 45.1 Å². The Hall–Kier alpha value is -1.22. The van der Waals surface area contributed by atoms with Crippen molar-refractivity contribution in [2.24, 2.45) is 0 Å². The van der Waals surface area contributed by atoms with E-state index in [2.05, 4.69) is 0 Å². The first-order valence-electron chi connectivity index (χ1n) is 6.99. The molecule has 0 radical (unpaired) electrons. The van der Waals surface area contributed by atoms with Crippen molar-refractivity contribution < 1.29 is 4.79 Å². The SMILES string of the molecule is CCN(C(=O)c1cc(N)cc(Cl)c1)C1CCCCC1. The number of amides is 1. The summed E-state index contributed by atoms with van der Waals surface area (Å²) in [6, 6.07) is 5.44. The fourth-order valence-corrected chi connectivity index (χ4v) is 3.11. The van der Waals surface area contributed by atoms with Gasteiger partial charge in [0.05, 0.1) is 0 Å². The van der Waals surface area contributed by atoms with Gasteiger partial charge >= 0.3 is 0 Å². The second-order valence-electron chi connectivity index (χ2n) is 5.16. The number of carbonyl (C=O) groups is 1. The summed E-state index contributed by atoms with van der Waals surface area (Å²) >= 11 is 5.98. The summed E-state index contributed by atoms with van der Waals surface area (Å²) in [5.74, 6) is 0.0450. The van der Waals surface area contributed by atoms with E-state index in [1.54, 1.807) is 18.2 Å². The fraction of sp³-hybridized carbons (Fsp3) is 0.533. The van der Waals surface area contributed by atoms with E-state index in [0.29, 0.717) is 22.3 Å². The zero-order valence-corrected chi connectivity index (χ0v) is 12.1. The Kier molecular flexibility index (Phi) is 4.70. The Morgan fingerprint density at radius 2 is 2.00 bits per heavy atom. The van der Waals surface area contributed by atoms with E-state index in [1.165, 1.54) is 19.3 Å². The van der Waals surface area contributed by atoms with E-state index in [-0.39, 0.29) is 5.91 Å². The zero-order chi connectivity index (χ0) is 13.8. The van der Waals surface area contributed by atoms with Crippen molar-refractivity contribution >= 4 is 23.2 Å². The van der Waals surface area contributed by atoms with E-state index in [4.69, 9.17) is 17.3 Å². The first-order valence-corrected chi connectivity index (χ1v) is 7.36. The number of halogens is 1. The highest BCUT2D eigenvalue weighted by molar-refractivity contribution is 6.31. The van der Waals surface area contributed by atoms with Crippen LogP contribution in [0.3, 0.4) is 0 Å². The lowest BCUT2D eigenvalue weighted by atomic mass is 9.93. The van der Waals surface area contributed by atoms with Crippen LogP contribution in [-0.2, 0) is 0 Å². The molecule has 1 saturated carbocycles. The van der Waals surface area contributed by atoms with E-state index in [0.717, 1.165) is 19.4 Å². The predicted molar refractivity (Wildman–Crippen MR) is 79.4 cm³/mol. The van der Waals surface area contributed by atoms with Crippen LogP contribution in [0.1, 0.15) is 49.4 Å². The first kappa shape index (κ1) is 14.2. The number of rotatable bonds is 3. The number of hydrogen-bond donors (Lipinski definition) is 1. The predicted octanol–water partition coefficient (Wildman–Crippen LogP) is 3.72. The summed E-state index contributed by atoms with van der Waals surface area (Å²) in [6.45, 7) is 2.76. The lowest BCUT2D eigenvalue weighted by molar-refractivity contribution is 0.0648. The normalized spacial score (nSPS) is 16.3. The van der Waals surface area contributed by atoms with Gasteiger partial charge in [-0.05, 0) is 38.0 Å². The molecule has 4 heteroatoms. The van der Waals surface area contributed by atoms with Crippen molar-refractivity contribution in [3.8, 4) is 0 Å². The van der Waals surface area contributed by atoms with Gasteiger partial charge in [0.1, 0.15) is 0 Å². The molecule has 1 aliphatic carbocycles. The number of benzene rings is 1. The largest absolute Gasteiger partial charge is 0.399 e. The average Bonchev–Trinajstić information content (AvgIpc) is 2.39. The van der Waals surface area contributed by atoms with Crippen molar-refractivity contribution in [1.29, 1.82) is 0 Å². The smallest absolute Gasteiger partial charge is 0.254 e. The minimum absolute atomic E-state index is 0.0450. The summed E-state index contributed by atoms with van der Waals surface area (Å²) in [7, 11) is 0. The van der Waals surface area contributed by atoms with Crippen molar-refractivity contribution in [2.75, 3.05) is 12.3 Å². The maximum Gasteiger partial charge on any atom is 0.254 e. The number of nitrogen functional groups attached to an aromatic ring is 1. The molecule has 1 fully saturated rings. The number of nitrogens with two attached hydrogens (primary N) is 1. The first-order chi connectivity index (χ1) is 9.11. The third-order valence-electron chi connectivity index (χ3n) is 3.78. The van der Waals surface area contributed by atoms with Gasteiger partial charge in [0, 0.05) is 28.9 Å². The van der Waals surface area contributed by atoms with Crippen molar-refractivity contribution in [1.82, 2.24) is 4.90 Å². The topological polar surface area (TPSA) is 46.3 Å². The molecule has 0 unspecified atom stereocenters. The highest BCUT2D eigenvalue weighted by Gasteiger charge is 2.25. The van der Waals surface area contributed by atoms with E-state index < -0.39 is 0 Å². The highest BCUT2D eigenvalue weighted by Crippen LogP contribution is 2.25. The van der Waals surface area contributed by atoms with Gasteiger partial charge in [-0.15, -0.1) is 0 Å². The molecule has 3 nitrogen and oxygen atoms in total. The van der Waals surface area contributed by atoms with Gasteiger partial charge < -0.3 is 10.6 Å². The monoisotopic (exact) mass is 280 g/mol. The number of nitrogens with zero attached hydrogens (tertiary/aromatic N) is 1. The number of carbonyl (C=O) groups excluding carboxylic acids is 1. The average molecular weight is 281 g/mol. The molecule has 1 aromatic rings. The molecule has 2 rings (SSSR count). The van der Waals surface area contributed by atoms with Gasteiger partial charge in [-0.2, -0.15) is 0 Å². The van der Waals surface area contributed by atoms with Crippen LogP contribution in [0.15, 0.2) is 18.2 Å². The molecular formula is C15H21ClN2O. The van der Waals surface area contributed by atoms with Crippen LogP contribution in [0.4, 0.5) is 5.69 Å². The third-order valence-corrected chi connectivity index (χ3v) is 4.00. The quantitative estimate of drug-likeness (QED) is 0.858. The minimum atomic E-state index is 0.0450. The lowest BCUT2D eigenvalue weighted by Crippen LogP contribution is -2.41. The Labute approximate surface area is 119 Å². The maximum absolute atomic E-state index is 12.6. The van der Waals surface area contributed by atoms with Crippen LogP contribution < -0.4 is 5.73 Å². The summed E-state index contributed by atoms with van der Waals surface area (Å²) < 4.78 is 0. The summed E-state index contributed by atoms with van der Waals surface area (Å²) in [4.78, 5) is 14.6. The molecule has 19 heavy (non-hydrogen) atoms. The maximum atomic E-state index is 12.6. The van der Waals surface area contributed by atoms with E-state index in [1.807, 2.05) is 11.8 Å². The Balaban J connectivity index is 2.19. The molecule has 0 bridgehead atoms. The molecule has 2 N–H and O–H groups in total. The third kappa shape index (κ3) is 3.41. The van der Waals surface area contributed by atoms with E-state index in [9.17, 15) is 4.79 Å². The molecule has 1 amide bonds. The fourth-order valence-electron chi connectivity index (χ4n) is 2.86. The Morgan fingerprint density at radius 3 is 2.58 bits per heavy atom. The van der Waals surface area contributed by atoms with Crippen LogP contribution in [-0.4, -0.2) is 23.4 Å². The van der Waals surface area contributed by atoms with Crippen LogP contribution in [0.25, 0.3) is 0 Å². The van der Waals surface area contributed by atoms with Gasteiger partial charge in [-0.3, -0.25) is 4.79 Å². The molecule has 0 atom stereocenters. The Bertz CT molecular complexity index is 435. The second kappa shape index (κ2) is 6.29. The molecule has 1 aromatic carbocycles. The van der Waals surface area contributed by atoms with Crippen molar-refractivity contribution in [3.63, 3.8) is 0 Å². The van der Waals surface area contributed by atoms with Crippen LogP contribution in [0, 0.1) is 0 Å². The molecule has 0 aliphatic heterocycles. The van der Waals surface area contributed by atoms with Crippen molar-refractivity contribution in [3.05, 3.63) is 28.8 Å². The van der Waals surface area contributed by atoms with Gasteiger partial charge in [0.2, 0.25) is 0 Å². The molecular weight excluding hydrogens is 260 g/mol. The van der Waals surface area contributed by atoms with Gasteiger partial charge in [0.25, 0.3) is 5.91 Å². The zero-order valence-electron chi connectivity index (χ0n) is 11.4. The van der Waals surface area contributed by atoms with Crippen LogP contribution in [0.2, 0.25) is 5.02 Å². The number of anilines is 1. The summed E-state index contributed by atoms with van der Waals surface area (Å²) in [5.41, 5.74) is 6.89. The molecule has 104 valence electrons. The van der Waals surface area contributed by atoms with Gasteiger partial charge in [0.15, 0.2) is 0 Å². The van der Waals surface area contributed by atoms with Gasteiger partial charge in [-0.25, -0.2) is 0 Å². The van der Waals surface area contributed by atoms with E-state index >= 15 is 0 Å². The van der Waals surface area contributed by atoms with Gasteiger partial charge in [-0.1, -0.05) is 30.9 Å². The highest BCUT2D eigenvalue weighted by atomic mass is 35.5. The Morgan fingerprint density at radius 1 is 1.32 bits per heavy atom. The molecule has 0 saturated heterocycles. The minimum Gasteiger partial charge on any atom is -0.399 e. The molecule has 0 spiro atoms. The molecule has 1 aliphatic rings.